The van der Waals surface area contributed by atoms with Gasteiger partial charge < -0.3 is 9.88 Å². The lowest BCUT2D eigenvalue weighted by molar-refractivity contribution is 0.0732. The summed E-state index contributed by atoms with van der Waals surface area (Å²) in [4.78, 5) is 17.5. The second-order valence-electron chi connectivity index (χ2n) is 4.91. The number of amides is 1. The van der Waals surface area contributed by atoms with Crippen LogP contribution in [-0.2, 0) is 0 Å². The Hall–Kier alpha value is -1.62. The third kappa shape index (κ3) is 2.38. The van der Waals surface area contributed by atoms with Gasteiger partial charge in [-0.15, -0.1) is 0 Å². The fourth-order valence-electron chi connectivity index (χ4n) is 2.68. The Morgan fingerprint density at radius 1 is 1.40 bits per heavy atom. The predicted molar refractivity (Wildman–Crippen MR) is 77.9 cm³/mol. The van der Waals surface area contributed by atoms with Crippen molar-refractivity contribution in [2.75, 3.05) is 6.54 Å². The van der Waals surface area contributed by atoms with Gasteiger partial charge in [-0.3, -0.25) is 4.79 Å². The van der Waals surface area contributed by atoms with Crippen LogP contribution in [0.3, 0.4) is 0 Å². The Morgan fingerprint density at radius 3 is 2.95 bits per heavy atom. The lowest BCUT2D eigenvalue weighted by Crippen LogP contribution is -2.30. The van der Waals surface area contributed by atoms with Crippen LogP contribution in [-0.4, -0.2) is 22.3 Å². The number of hydrogen-bond donors (Lipinski definition) is 1. The second kappa shape index (κ2) is 5.40. The minimum absolute atomic E-state index is 0.0595. The number of halogens is 2. The molecule has 1 fully saturated rings. The molecule has 3 rings (SSSR count). The summed E-state index contributed by atoms with van der Waals surface area (Å²) in [7, 11) is 0. The van der Waals surface area contributed by atoms with Crippen LogP contribution in [0, 0.1) is 5.82 Å². The van der Waals surface area contributed by atoms with E-state index in [2.05, 4.69) is 20.9 Å². The molecule has 2 heterocycles. The molecule has 1 aliphatic rings. The van der Waals surface area contributed by atoms with E-state index in [0.29, 0.717) is 16.6 Å². The van der Waals surface area contributed by atoms with E-state index in [0.717, 1.165) is 18.5 Å². The zero-order valence-corrected chi connectivity index (χ0v) is 12.4. The average molecular weight is 337 g/mol. The molecule has 1 atom stereocenters. The highest BCUT2D eigenvalue weighted by molar-refractivity contribution is 9.10. The highest BCUT2D eigenvalue weighted by atomic mass is 79.9. The van der Waals surface area contributed by atoms with E-state index < -0.39 is 5.82 Å². The van der Waals surface area contributed by atoms with Crippen molar-refractivity contribution >= 4 is 21.8 Å². The molecule has 5 heteroatoms. The maximum Gasteiger partial charge on any atom is 0.254 e. The largest absolute Gasteiger partial charge is 0.363 e. The van der Waals surface area contributed by atoms with Gasteiger partial charge in [-0.2, -0.15) is 0 Å². The molecule has 0 spiro atoms. The molecular weight excluding hydrogens is 323 g/mol. The van der Waals surface area contributed by atoms with Crippen LogP contribution in [0.2, 0.25) is 0 Å². The smallest absolute Gasteiger partial charge is 0.254 e. The summed E-state index contributed by atoms with van der Waals surface area (Å²) in [6, 6.07) is 8.48. The van der Waals surface area contributed by atoms with Crippen LogP contribution in [0.4, 0.5) is 4.39 Å². The van der Waals surface area contributed by atoms with Gasteiger partial charge in [0.05, 0.1) is 10.5 Å². The fourth-order valence-corrected chi connectivity index (χ4v) is 2.93. The van der Waals surface area contributed by atoms with Crippen LogP contribution >= 0.6 is 15.9 Å². The molecular formula is C15H14BrFN2O. The van der Waals surface area contributed by atoms with Crippen molar-refractivity contribution in [3.8, 4) is 0 Å². The van der Waals surface area contributed by atoms with Gasteiger partial charge in [0.15, 0.2) is 0 Å². The standard InChI is InChI=1S/C15H14BrFN2O/c16-11-6-5-10(9-12(11)17)15(20)19-8-2-4-14(19)13-3-1-7-18-13/h1,3,5-7,9,14,18H,2,4,8H2. The number of nitrogens with one attached hydrogen (secondary N) is 1. The van der Waals surface area contributed by atoms with E-state index >= 15 is 0 Å². The summed E-state index contributed by atoms with van der Waals surface area (Å²) >= 11 is 3.10. The van der Waals surface area contributed by atoms with Crippen LogP contribution in [0.15, 0.2) is 41.0 Å². The quantitative estimate of drug-likeness (QED) is 0.887. The van der Waals surface area contributed by atoms with Crippen molar-refractivity contribution < 1.29 is 9.18 Å². The van der Waals surface area contributed by atoms with Gasteiger partial charge in [-0.1, -0.05) is 0 Å². The number of carbonyl (C=O) groups excluding carboxylic acids is 1. The van der Waals surface area contributed by atoms with Crippen molar-refractivity contribution in [3.63, 3.8) is 0 Å². The van der Waals surface area contributed by atoms with Gasteiger partial charge in [0.1, 0.15) is 5.82 Å². The summed E-state index contributed by atoms with van der Waals surface area (Å²) in [5, 5.41) is 0. The van der Waals surface area contributed by atoms with Crippen LogP contribution < -0.4 is 0 Å². The van der Waals surface area contributed by atoms with E-state index in [1.54, 1.807) is 12.1 Å². The Kier molecular flexibility index (Phi) is 3.61. The Bertz CT molecular complexity index is 627. The molecule has 0 aliphatic carbocycles. The van der Waals surface area contributed by atoms with E-state index in [1.807, 2.05) is 23.2 Å². The Balaban J connectivity index is 1.87. The van der Waals surface area contributed by atoms with E-state index in [4.69, 9.17) is 0 Å². The molecule has 1 aromatic heterocycles. The average Bonchev–Trinajstić information content (AvgIpc) is 3.10. The molecule has 1 saturated heterocycles. The summed E-state index contributed by atoms with van der Waals surface area (Å²) in [5.41, 5.74) is 1.43. The summed E-state index contributed by atoms with van der Waals surface area (Å²) in [6.07, 6.45) is 3.76. The molecule has 104 valence electrons. The monoisotopic (exact) mass is 336 g/mol. The molecule has 2 aromatic rings. The van der Waals surface area contributed by atoms with Gasteiger partial charge in [0, 0.05) is 24.0 Å². The van der Waals surface area contributed by atoms with E-state index in [1.165, 1.54) is 6.07 Å². The minimum Gasteiger partial charge on any atom is -0.363 e. The minimum atomic E-state index is -0.411. The molecule has 0 bridgehead atoms. The Labute approximate surface area is 124 Å². The first-order valence-corrected chi connectivity index (χ1v) is 7.35. The number of benzene rings is 1. The van der Waals surface area contributed by atoms with Gasteiger partial charge in [-0.05, 0) is 59.1 Å². The first-order valence-electron chi connectivity index (χ1n) is 6.56. The molecule has 1 aliphatic heterocycles. The van der Waals surface area contributed by atoms with Crippen LogP contribution in [0.5, 0.6) is 0 Å². The maximum absolute atomic E-state index is 13.6. The fraction of sp³-hybridized carbons (Fsp3) is 0.267. The maximum atomic E-state index is 13.6. The lowest BCUT2D eigenvalue weighted by Gasteiger charge is -2.24. The third-order valence-corrected chi connectivity index (χ3v) is 4.30. The number of carbonyl (C=O) groups is 1. The van der Waals surface area contributed by atoms with Gasteiger partial charge >= 0.3 is 0 Å². The van der Waals surface area contributed by atoms with Gasteiger partial charge in [-0.25, -0.2) is 4.39 Å². The molecule has 20 heavy (non-hydrogen) atoms. The van der Waals surface area contributed by atoms with E-state index in [-0.39, 0.29) is 11.9 Å². The number of aromatic nitrogens is 1. The summed E-state index contributed by atoms with van der Waals surface area (Å²) in [5.74, 6) is -0.528. The normalized spacial score (nSPS) is 18.5. The van der Waals surface area contributed by atoms with Crippen molar-refractivity contribution in [3.05, 3.63) is 58.1 Å². The molecule has 1 N–H and O–H groups in total. The molecule has 1 aromatic carbocycles. The van der Waals surface area contributed by atoms with Crippen molar-refractivity contribution in [1.82, 2.24) is 9.88 Å². The van der Waals surface area contributed by atoms with Crippen molar-refractivity contribution in [1.29, 1.82) is 0 Å². The summed E-state index contributed by atoms with van der Waals surface area (Å²) in [6.45, 7) is 0.709. The summed E-state index contributed by atoms with van der Waals surface area (Å²) < 4.78 is 13.9. The topological polar surface area (TPSA) is 36.1 Å². The number of aromatic amines is 1. The molecule has 3 nitrogen and oxygen atoms in total. The van der Waals surface area contributed by atoms with Gasteiger partial charge in [0.25, 0.3) is 5.91 Å². The number of rotatable bonds is 2. The highest BCUT2D eigenvalue weighted by Crippen LogP contribution is 2.32. The number of likely N-dealkylation sites (tertiary alicyclic amines) is 1. The first kappa shape index (κ1) is 13.4. The SMILES string of the molecule is O=C(c1ccc(Br)c(F)c1)N1CCCC1c1ccc[nH]1. The van der Waals surface area contributed by atoms with Crippen LogP contribution in [0.1, 0.15) is 34.9 Å². The molecule has 1 amide bonds. The predicted octanol–water partition coefficient (Wildman–Crippen LogP) is 3.89. The third-order valence-electron chi connectivity index (χ3n) is 3.66. The van der Waals surface area contributed by atoms with Crippen molar-refractivity contribution in [2.24, 2.45) is 0 Å². The molecule has 0 saturated carbocycles. The number of hydrogen-bond acceptors (Lipinski definition) is 1. The first-order chi connectivity index (χ1) is 9.66. The van der Waals surface area contributed by atoms with Gasteiger partial charge in [0.2, 0.25) is 0 Å². The second-order valence-corrected chi connectivity index (χ2v) is 5.77. The zero-order valence-electron chi connectivity index (χ0n) is 10.8. The van der Waals surface area contributed by atoms with Crippen molar-refractivity contribution in [2.45, 2.75) is 18.9 Å². The molecule has 0 radical (unpaired) electrons. The van der Waals surface area contributed by atoms with Crippen LogP contribution in [0.25, 0.3) is 0 Å². The number of H-pyrrole nitrogens is 1. The molecule has 1 unspecified atom stereocenters. The zero-order chi connectivity index (χ0) is 14.1. The highest BCUT2D eigenvalue weighted by Gasteiger charge is 2.31. The lowest BCUT2D eigenvalue weighted by atomic mass is 10.1. The number of nitrogens with zero attached hydrogens (tertiary/aromatic N) is 1. The Morgan fingerprint density at radius 2 is 2.25 bits per heavy atom. The van der Waals surface area contributed by atoms with E-state index in [9.17, 15) is 9.18 Å².